The standard InChI is InChI=1S/C10H12FNOS/c11-9-2-1-3-10(12)8(9)6-14-7-4-13-5-7/h1-3,7H,4-6,12H2. The Bertz CT molecular complexity index is 308. The first-order chi connectivity index (χ1) is 6.77. The summed E-state index contributed by atoms with van der Waals surface area (Å²) < 4.78 is 18.3. The second-order valence-electron chi connectivity index (χ2n) is 3.28. The predicted octanol–water partition coefficient (Wildman–Crippen LogP) is 2.04. The van der Waals surface area contributed by atoms with E-state index in [9.17, 15) is 4.39 Å². The van der Waals surface area contributed by atoms with E-state index in [4.69, 9.17) is 10.5 Å². The zero-order valence-corrected chi connectivity index (χ0v) is 8.52. The zero-order valence-electron chi connectivity index (χ0n) is 7.70. The van der Waals surface area contributed by atoms with E-state index in [2.05, 4.69) is 0 Å². The van der Waals surface area contributed by atoms with Gasteiger partial charge in [0.25, 0.3) is 0 Å². The first-order valence-electron chi connectivity index (χ1n) is 4.49. The predicted molar refractivity (Wildman–Crippen MR) is 56.7 cm³/mol. The second-order valence-corrected chi connectivity index (χ2v) is 4.57. The number of thioether (sulfide) groups is 1. The largest absolute Gasteiger partial charge is 0.398 e. The Morgan fingerprint density at radius 1 is 1.50 bits per heavy atom. The summed E-state index contributed by atoms with van der Waals surface area (Å²) in [6, 6.07) is 4.81. The molecule has 1 aliphatic rings. The number of ether oxygens (including phenoxy) is 1. The van der Waals surface area contributed by atoms with Crippen LogP contribution in [0.5, 0.6) is 0 Å². The number of hydrogen-bond donors (Lipinski definition) is 1. The molecule has 1 fully saturated rings. The summed E-state index contributed by atoms with van der Waals surface area (Å²) in [5.74, 6) is 0.421. The van der Waals surface area contributed by atoms with E-state index < -0.39 is 0 Å². The van der Waals surface area contributed by atoms with Crippen LogP contribution in [0, 0.1) is 5.82 Å². The molecule has 0 aromatic heterocycles. The molecule has 1 aromatic rings. The summed E-state index contributed by atoms with van der Waals surface area (Å²) in [6.45, 7) is 1.55. The summed E-state index contributed by atoms with van der Waals surface area (Å²) in [6.07, 6.45) is 0. The lowest BCUT2D eigenvalue weighted by molar-refractivity contribution is 0.0455. The third-order valence-corrected chi connectivity index (χ3v) is 3.42. The summed E-state index contributed by atoms with van der Waals surface area (Å²) in [4.78, 5) is 0. The molecule has 0 amide bonds. The Kier molecular flexibility index (Phi) is 2.93. The van der Waals surface area contributed by atoms with Gasteiger partial charge < -0.3 is 10.5 Å². The van der Waals surface area contributed by atoms with Crippen molar-refractivity contribution in [2.24, 2.45) is 0 Å². The minimum absolute atomic E-state index is 0.210. The summed E-state index contributed by atoms with van der Waals surface area (Å²) in [7, 11) is 0. The van der Waals surface area contributed by atoms with Gasteiger partial charge in [-0.2, -0.15) is 0 Å². The molecule has 1 aliphatic heterocycles. The van der Waals surface area contributed by atoms with E-state index in [0.717, 1.165) is 13.2 Å². The van der Waals surface area contributed by atoms with Crippen molar-refractivity contribution in [2.75, 3.05) is 18.9 Å². The van der Waals surface area contributed by atoms with Crippen molar-refractivity contribution in [2.45, 2.75) is 11.0 Å². The number of anilines is 1. The third-order valence-electron chi connectivity index (χ3n) is 2.23. The van der Waals surface area contributed by atoms with Crippen molar-refractivity contribution in [1.29, 1.82) is 0 Å². The molecule has 1 saturated heterocycles. The topological polar surface area (TPSA) is 35.2 Å². The lowest BCUT2D eigenvalue weighted by Crippen LogP contribution is -2.30. The molecule has 0 radical (unpaired) electrons. The molecule has 0 bridgehead atoms. The van der Waals surface area contributed by atoms with E-state index in [1.54, 1.807) is 23.9 Å². The summed E-state index contributed by atoms with van der Waals surface area (Å²) in [5.41, 5.74) is 6.84. The molecular formula is C10H12FNOS. The number of halogens is 1. The lowest BCUT2D eigenvalue weighted by Gasteiger charge is -2.25. The Morgan fingerprint density at radius 2 is 2.29 bits per heavy atom. The highest BCUT2D eigenvalue weighted by Crippen LogP contribution is 2.27. The molecule has 4 heteroatoms. The summed E-state index contributed by atoms with van der Waals surface area (Å²) in [5, 5.41) is 0.508. The van der Waals surface area contributed by atoms with Gasteiger partial charge in [0.05, 0.1) is 18.5 Å². The highest BCUT2D eigenvalue weighted by Gasteiger charge is 2.19. The van der Waals surface area contributed by atoms with Crippen LogP contribution in [-0.4, -0.2) is 18.5 Å². The van der Waals surface area contributed by atoms with Gasteiger partial charge in [-0.05, 0) is 12.1 Å². The Morgan fingerprint density at radius 3 is 2.86 bits per heavy atom. The molecule has 0 aliphatic carbocycles. The number of benzene rings is 1. The van der Waals surface area contributed by atoms with Gasteiger partial charge in [-0.15, -0.1) is 11.8 Å². The van der Waals surface area contributed by atoms with E-state index in [-0.39, 0.29) is 5.82 Å². The molecule has 2 rings (SSSR count). The normalized spacial score (nSPS) is 16.6. The average Bonchev–Trinajstić information content (AvgIpc) is 2.07. The molecule has 76 valence electrons. The van der Waals surface area contributed by atoms with Crippen molar-refractivity contribution in [3.63, 3.8) is 0 Å². The number of nitrogens with two attached hydrogens (primary N) is 1. The first-order valence-corrected chi connectivity index (χ1v) is 5.54. The Hall–Kier alpha value is -0.740. The number of nitrogen functional groups attached to an aromatic ring is 1. The molecule has 0 unspecified atom stereocenters. The average molecular weight is 213 g/mol. The Balaban J connectivity index is 2.00. The molecule has 1 heterocycles. The van der Waals surface area contributed by atoms with Gasteiger partial charge >= 0.3 is 0 Å². The number of rotatable bonds is 3. The van der Waals surface area contributed by atoms with Crippen molar-refractivity contribution in [3.05, 3.63) is 29.6 Å². The molecule has 0 saturated carbocycles. The molecule has 2 N–H and O–H groups in total. The maximum absolute atomic E-state index is 13.3. The van der Waals surface area contributed by atoms with Crippen molar-refractivity contribution in [3.8, 4) is 0 Å². The van der Waals surface area contributed by atoms with Gasteiger partial charge in [0.15, 0.2) is 0 Å². The van der Waals surface area contributed by atoms with E-state index in [1.807, 2.05) is 0 Å². The van der Waals surface area contributed by atoms with Crippen LogP contribution in [-0.2, 0) is 10.5 Å². The van der Waals surface area contributed by atoms with Crippen LogP contribution >= 0.6 is 11.8 Å². The Labute approximate surface area is 86.6 Å². The monoisotopic (exact) mass is 213 g/mol. The van der Waals surface area contributed by atoms with Crippen molar-refractivity contribution in [1.82, 2.24) is 0 Å². The molecule has 0 spiro atoms. The quantitative estimate of drug-likeness (QED) is 0.780. The fraction of sp³-hybridized carbons (Fsp3) is 0.400. The summed E-state index contributed by atoms with van der Waals surface area (Å²) >= 11 is 1.70. The van der Waals surface area contributed by atoms with Gasteiger partial charge in [-0.1, -0.05) is 6.07 Å². The minimum Gasteiger partial charge on any atom is -0.398 e. The lowest BCUT2D eigenvalue weighted by atomic mass is 10.2. The van der Waals surface area contributed by atoms with E-state index in [1.165, 1.54) is 6.07 Å². The molecule has 1 aromatic carbocycles. The van der Waals surface area contributed by atoms with Gasteiger partial charge in [-0.3, -0.25) is 0 Å². The molecular weight excluding hydrogens is 201 g/mol. The second kappa shape index (κ2) is 4.19. The van der Waals surface area contributed by atoms with Crippen LogP contribution in [0.15, 0.2) is 18.2 Å². The highest BCUT2D eigenvalue weighted by molar-refractivity contribution is 7.99. The van der Waals surface area contributed by atoms with E-state index in [0.29, 0.717) is 22.3 Å². The van der Waals surface area contributed by atoms with Crippen LogP contribution in [0.1, 0.15) is 5.56 Å². The number of hydrogen-bond acceptors (Lipinski definition) is 3. The van der Waals surface area contributed by atoms with Crippen molar-refractivity contribution >= 4 is 17.4 Å². The van der Waals surface area contributed by atoms with Gasteiger partial charge in [-0.25, -0.2) is 4.39 Å². The fourth-order valence-electron chi connectivity index (χ4n) is 1.24. The maximum atomic E-state index is 13.3. The van der Waals surface area contributed by atoms with Crippen LogP contribution < -0.4 is 5.73 Å². The van der Waals surface area contributed by atoms with Crippen LogP contribution in [0.2, 0.25) is 0 Å². The minimum atomic E-state index is -0.210. The van der Waals surface area contributed by atoms with Crippen molar-refractivity contribution < 1.29 is 9.13 Å². The van der Waals surface area contributed by atoms with Crippen LogP contribution in [0.3, 0.4) is 0 Å². The first kappa shape index (κ1) is 9.80. The van der Waals surface area contributed by atoms with E-state index >= 15 is 0 Å². The molecule has 0 atom stereocenters. The molecule has 2 nitrogen and oxygen atoms in total. The highest BCUT2D eigenvalue weighted by atomic mass is 32.2. The third kappa shape index (κ3) is 2.01. The smallest absolute Gasteiger partial charge is 0.129 e. The van der Waals surface area contributed by atoms with Crippen LogP contribution in [0.4, 0.5) is 10.1 Å². The van der Waals surface area contributed by atoms with Gasteiger partial charge in [0.2, 0.25) is 0 Å². The van der Waals surface area contributed by atoms with Gasteiger partial charge in [0, 0.05) is 17.0 Å². The molecule has 14 heavy (non-hydrogen) atoms. The zero-order chi connectivity index (χ0) is 9.97. The van der Waals surface area contributed by atoms with Crippen LogP contribution in [0.25, 0.3) is 0 Å². The van der Waals surface area contributed by atoms with Gasteiger partial charge in [0.1, 0.15) is 5.82 Å². The fourth-order valence-corrected chi connectivity index (χ4v) is 2.33. The SMILES string of the molecule is Nc1cccc(F)c1CSC1COC1. The maximum Gasteiger partial charge on any atom is 0.129 e.